The fourth-order valence-corrected chi connectivity index (χ4v) is 3.43. The minimum Gasteiger partial charge on any atom is -0.355 e. The Balaban J connectivity index is 1.69. The van der Waals surface area contributed by atoms with Gasteiger partial charge in [-0.25, -0.2) is 4.39 Å². The van der Waals surface area contributed by atoms with Gasteiger partial charge in [-0.15, -0.1) is 0 Å². The molecule has 0 aromatic heterocycles. The average Bonchev–Trinajstić information content (AvgIpc) is 2.56. The van der Waals surface area contributed by atoms with Gasteiger partial charge in [0.25, 0.3) is 0 Å². The summed E-state index contributed by atoms with van der Waals surface area (Å²) in [6.45, 7) is 2.33. The third kappa shape index (κ3) is 6.24. The highest BCUT2D eigenvalue weighted by molar-refractivity contribution is 7.84. The van der Waals surface area contributed by atoms with Crippen LogP contribution in [0.5, 0.6) is 0 Å². The number of carbonyl (C=O) groups is 1. The minimum atomic E-state index is -0.995. The quantitative estimate of drug-likeness (QED) is 0.796. The van der Waals surface area contributed by atoms with Crippen molar-refractivity contribution in [3.63, 3.8) is 0 Å². The second-order valence-electron chi connectivity index (χ2n) is 5.78. The van der Waals surface area contributed by atoms with Gasteiger partial charge in [0, 0.05) is 35.3 Å². The molecule has 0 saturated heterocycles. The van der Waals surface area contributed by atoms with Gasteiger partial charge in [0.05, 0.1) is 0 Å². The number of carbonyl (C=O) groups excluding carboxylic acids is 1. The van der Waals surface area contributed by atoms with Gasteiger partial charge in [0.2, 0.25) is 5.91 Å². The van der Waals surface area contributed by atoms with Crippen LogP contribution in [-0.4, -0.2) is 22.4 Å². The third-order valence-electron chi connectivity index (χ3n) is 3.75. The first-order valence-electron chi connectivity index (χ1n) is 7.95. The van der Waals surface area contributed by atoms with E-state index in [2.05, 4.69) is 5.32 Å². The third-order valence-corrected chi connectivity index (χ3v) is 5.07. The molecule has 3 nitrogen and oxygen atoms in total. The number of hydrogen-bond donors (Lipinski definition) is 1. The molecule has 0 aliphatic carbocycles. The summed E-state index contributed by atoms with van der Waals surface area (Å²) in [4.78, 5) is 11.9. The first-order chi connectivity index (χ1) is 11.5. The van der Waals surface area contributed by atoms with E-state index in [0.717, 1.165) is 11.1 Å². The fraction of sp³-hybridized carbons (Fsp3) is 0.316. The number of nitrogens with one attached hydrogen (secondary N) is 1. The van der Waals surface area contributed by atoms with E-state index in [9.17, 15) is 13.4 Å². The van der Waals surface area contributed by atoms with Crippen LogP contribution < -0.4 is 5.32 Å². The summed E-state index contributed by atoms with van der Waals surface area (Å²) in [7, 11) is -0.995. The van der Waals surface area contributed by atoms with E-state index in [-0.39, 0.29) is 17.6 Å². The summed E-state index contributed by atoms with van der Waals surface area (Å²) in [5, 5.41) is 2.81. The van der Waals surface area contributed by atoms with Crippen molar-refractivity contribution >= 4 is 16.7 Å². The summed E-state index contributed by atoms with van der Waals surface area (Å²) < 4.78 is 24.9. The summed E-state index contributed by atoms with van der Waals surface area (Å²) in [6, 6.07) is 15.9. The molecule has 0 heterocycles. The van der Waals surface area contributed by atoms with Crippen LogP contribution in [0, 0.1) is 5.82 Å². The second-order valence-corrected chi connectivity index (χ2v) is 7.36. The molecule has 2 atom stereocenters. The number of rotatable bonds is 8. The zero-order chi connectivity index (χ0) is 17.4. The van der Waals surface area contributed by atoms with Crippen LogP contribution in [0.1, 0.15) is 30.4 Å². The summed E-state index contributed by atoms with van der Waals surface area (Å²) in [5.74, 6) is 0.592. The predicted molar refractivity (Wildman–Crippen MR) is 95.6 cm³/mol. The molecular weight excluding hydrogens is 325 g/mol. The number of hydrogen-bond acceptors (Lipinski definition) is 2. The Morgan fingerprint density at radius 1 is 1.12 bits per heavy atom. The summed E-state index contributed by atoms with van der Waals surface area (Å²) in [5.41, 5.74) is 1.96. The van der Waals surface area contributed by atoms with Crippen LogP contribution >= 0.6 is 0 Å². The number of halogens is 1. The van der Waals surface area contributed by atoms with Crippen molar-refractivity contribution in [3.8, 4) is 0 Å². The lowest BCUT2D eigenvalue weighted by Gasteiger charge is -2.12. The van der Waals surface area contributed by atoms with E-state index >= 15 is 0 Å². The van der Waals surface area contributed by atoms with E-state index in [1.165, 1.54) is 12.1 Å². The van der Waals surface area contributed by atoms with Crippen LogP contribution in [0.3, 0.4) is 0 Å². The van der Waals surface area contributed by atoms with Gasteiger partial charge >= 0.3 is 0 Å². The first-order valence-corrected chi connectivity index (χ1v) is 9.44. The fourth-order valence-electron chi connectivity index (χ4n) is 2.40. The number of benzene rings is 2. The molecule has 2 rings (SSSR count). The largest absolute Gasteiger partial charge is 0.355 e. The van der Waals surface area contributed by atoms with E-state index in [4.69, 9.17) is 0 Å². The van der Waals surface area contributed by atoms with Crippen molar-refractivity contribution in [2.45, 2.75) is 25.0 Å². The molecule has 128 valence electrons. The predicted octanol–water partition coefficient (Wildman–Crippen LogP) is 3.38. The molecule has 5 heteroatoms. The lowest BCUT2D eigenvalue weighted by atomic mass is 9.97. The SMILES string of the molecule is C[C@@H](CC(=O)NCC[S@@](=O)Cc1ccccc1)c1ccc(F)cc1. The monoisotopic (exact) mass is 347 g/mol. The van der Waals surface area contributed by atoms with E-state index in [0.29, 0.717) is 24.5 Å². The summed E-state index contributed by atoms with van der Waals surface area (Å²) in [6.07, 6.45) is 0.330. The molecule has 2 aromatic rings. The molecule has 0 aliphatic heterocycles. The van der Waals surface area contributed by atoms with Gasteiger partial charge in [0.15, 0.2) is 0 Å². The smallest absolute Gasteiger partial charge is 0.220 e. The van der Waals surface area contributed by atoms with E-state index < -0.39 is 10.8 Å². The van der Waals surface area contributed by atoms with Gasteiger partial charge < -0.3 is 5.32 Å². The second kappa shape index (κ2) is 9.33. The highest BCUT2D eigenvalue weighted by atomic mass is 32.2. The van der Waals surface area contributed by atoms with Gasteiger partial charge in [0.1, 0.15) is 5.82 Å². The Kier molecular flexibility index (Phi) is 7.12. The Morgan fingerprint density at radius 2 is 1.79 bits per heavy atom. The molecule has 0 unspecified atom stereocenters. The standard InChI is InChI=1S/C19H22FNO2S/c1-15(17-7-9-18(20)10-8-17)13-19(22)21-11-12-24(23)14-16-5-3-2-4-6-16/h2-10,15H,11-14H2,1H3,(H,21,22)/t15-,24+/m0/s1. The van der Waals surface area contributed by atoms with Crippen LogP contribution in [0.2, 0.25) is 0 Å². The molecule has 0 spiro atoms. The molecule has 24 heavy (non-hydrogen) atoms. The zero-order valence-electron chi connectivity index (χ0n) is 13.7. The Hall–Kier alpha value is -2.01. The van der Waals surface area contributed by atoms with Crippen molar-refractivity contribution in [1.82, 2.24) is 5.32 Å². The lowest BCUT2D eigenvalue weighted by Crippen LogP contribution is -2.28. The Morgan fingerprint density at radius 3 is 2.46 bits per heavy atom. The van der Waals surface area contributed by atoms with Crippen molar-refractivity contribution in [2.75, 3.05) is 12.3 Å². The van der Waals surface area contributed by atoms with Gasteiger partial charge in [-0.1, -0.05) is 49.4 Å². The molecule has 1 amide bonds. The maximum absolute atomic E-state index is 12.9. The molecule has 0 aliphatic rings. The highest BCUT2D eigenvalue weighted by Crippen LogP contribution is 2.18. The van der Waals surface area contributed by atoms with Gasteiger partial charge in [-0.3, -0.25) is 9.00 Å². The summed E-state index contributed by atoms with van der Waals surface area (Å²) >= 11 is 0. The van der Waals surface area contributed by atoms with E-state index in [1.807, 2.05) is 37.3 Å². The topological polar surface area (TPSA) is 46.2 Å². The molecule has 0 bridgehead atoms. The maximum atomic E-state index is 12.9. The van der Waals surface area contributed by atoms with Crippen LogP contribution in [0.15, 0.2) is 54.6 Å². The molecule has 0 radical (unpaired) electrons. The lowest BCUT2D eigenvalue weighted by molar-refractivity contribution is -0.121. The van der Waals surface area contributed by atoms with Crippen molar-refractivity contribution in [3.05, 3.63) is 71.5 Å². The highest BCUT2D eigenvalue weighted by Gasteiger charge is 2.11. The van der Waals surface area contributed by atoms with Crippen LogP contribution in [-0.2, 0) is 21.3 Å². The maximum Gasteiger partial charge on any atom is 0.220 e. The van der Waals surface area contributed by atoms with Crippen molar-refractivity contribution in [2.24, 2.45) is 0 Å². The Bertz CT molecular complexity index is 674. The van der Waals surface area contributed by atoms with Crippen LogP contribution in [0.4, 0.5) is 4.39 Å². The molecule has 0 saturated carbocycles. The molecule has 0 fully saturated rings. The van der Waals surface area contributed by atoms with Gasteiger partial charge in [-0.05, 0) is 29.2 Å². The molecule has 1 N–H and O–H groups in total. The Labute approximate surface area is 144 Å². The molecule has 2 aromatic carbocycles. The minimum absolute atomic E-state index is 0.0143. The van der Waals surface area contributed by atoms with Crippen LogP contribution in [0.25, 0.3) is 0 Å². The zero-order valence-corrected chi connectivity index (χ0v) is 14.5. The van der Waals surface area contributed by atoms with E-state index in [1.54, 1.807) is 12.1 Å². The van der Waals surface area contributed by atoms with Crippen molar-refractivity contribution < 1.29 is 13.4 Å². The number of amides is 1. The van der Waals surface area contributed by atoms with Crippen molar-refractivity contribution in [1.29, 1.82) is 0 Å². The first kappa shape index (κ1) is 18.3. The van der Waals surface area contributed by atoms with Gasteiger partial charge in [-0.2, -0.15) is 0 Å². The average molecular weight is 347 g/mol. The normalized spacial score (nSPS) is 13.2. The molecular formula is C19H22FNO2S.